The fourth-order valence-electron chi connectivity index (χ4n) is 2.40. The second kappa shape index (κ2) is 16.1. The van der Waals surface area contributed by atoms with Gasteiger partial charge in [0.1, 0.15) is 0 Å². The third-order valence-electron chi connectivity index (χ3n) is 3.72. The van der Waals surface area contributed by atoms with Gasteiger partial charge in [0.15, 0.2) is 0 Å². The Kier molecular flexibility index (Phi) is 15.1. The number of rotatable bonds is 16. The molecule has 4 nitrogen and oxygen atoms in total. The molecule has 0 spiro atoms. The number of amides is 1. The first-order chi connectivity index (χ1) is 10.6. The summed E-state index contributed by atoms with van der Waals surface area (Å²) in [7, 11) is 0. The number of carboxylic acids is 1. The number of carbonyl (C=O) groups excluding carboxylic acids is 1. The number of hydrogen-bond acceptors (Lipinski definition) is 2. The Morgan fingerprint density at radius 2 is 1.09 bits per heavy atom. The van der Waals surface area contributed by atoms with Crippen molar-refractivity contribution < 1.29 is 14.7 Å². The number of aliphatic carboxylic acids is 1. The van der Waals surface area contributed by atoms with Gasteiger partial charge in [-0.2, -0.15) is 0 Å². The number of primary amides is 1. The van der Waals surface area contributed by atoms with Crippen molar-refractivity contribution in [1.29, 1.82) is 0 Å². The molecule has 4 heteroatoms. The topological polar surface area (TPSA) is 80.4 Å². The lowest BCUT2D eigenvalue weighted by molar-refractivity contribution is -0.137. The molecule has 0 aliphatic heterocycles. The molecule has 0 saturated heterocycles. The van der Waals surface area contributed by atoms with Gasteiger partial charge in [0, 0.05) is 12.8 Å². The van der Waals surface area contributed by atoms with Gasteiger partial charge in [-0.25, -0.2) is 0 Å². The van der Waals surface area contributed by atoms with E-state index in [2.05, 4.69) is 12.2 Å². The van der Waals surface area contributed by atoms with Crippen molar-refractivity contribution in [2.45, 2.75) is 89.9 Å². The van der Waals surface area contributed by atoms with E-state index in [4.69, 9.17) is 10.8 Å². The first kappa shape index (κ1) is 20.7. The summed E-state index contributed by atoms with van der Waals surface area (Å²) in [5.74, 6) is -0.874. The minimum atomic E-state index is -0.684. The minimum Gasteiger partial charge on any atom is -0.481 e. The molecule has 1 amide bonds. The first-order valence-electron chi connectivity index (χ1n) is 8.78. The molecular formula is C18H33NO3. The zero-order valence-electron chi connectivity index (χ0n) is 13.9. The highest BCUT2D eigenvalue weighted by atomic mass is 16.4. The summed E-state index contributed by atoms with van der Waals surface area (Å²) in [6, 6.07) is 0. The molecule has 0 aromatic heterocycles. The average molecular weight is 311 g/mol. The fourth-order valence-corrected chi connectivity index (χ4v) is 2.40. The minimum absolute atomic E-state index is 0.190. The van der Waals surface area contributed by atoms with Crippen LogP contribution < -0.4 is 5.73 Å². The molecule has 0 atom stereocenters. The molecular weight excluding hydrogens is 278 g/mol. The van der Waals surface area contributed by atoms with E-state index < -0.39 is 5.97 Å². The van der Waals surface area contributed by atoms with Gasteiger partial charge in [-0.3, -0.25) is 9.59 Å². The maximum atomic E-state index is 10.5. The number of carbonyl (C=O) groups is 2. The van der Waals surface area contributed by atoms with Crippen LogP contribution >= 0.6 is 0 Å². The van der Waals surface area contributed by atoms with E-state index in [-0.39, 0.29) is 5.91 Å². The molecule has 0 bridgehead atoms. The molecule has 0 aromatic carbocycles. The summed E-state index contributed by atoms with van der Waals surface area (Å²) in [4.78, 5) is 20.9. The third kappa shape index (κ3) is 18.7. The molecule has 0 aliphatic rings. The van der Waals surface area contributed by atoms with Crippen LogP contribution in [0.1, 0.15) is 89.9 Å². The van der Waals surface area contributed by atoms with Crippen molar-refractivity contribution in [3.8, 4) is 0 Å². The van der Waals surface area contributed by atoms with E-state index >= 15 is 0 Å². The van der Waals surface area contributed by atoms with Crippen LogP contribution in [0, 0.1) is 0 Å². The van der Waals surface area contributed by atoms with E-state index in [0.717, 1.165) is 44.9 Å². The Bertz CT molecular complexity index is 283. The molecule has 3 N–H and O–H groups in total. The molecule has 128 valence electrons. The Morgan fingerprint density at radius 3 is 1.55 bits per heavy atom. The monoisotopic (exact) mass is 311 g/mol. The van der Waals surface area contributed by atoms with Gasteiger partial charge in [0.2, 0.25) is 5.91 Å². The highest BCUT2D eigenvalue weighted by Crippen LogP contribution is 2.09. The zero-order chi connectivity index (χ0) is 16.5. The molecule has 0 saturated carbocycles. The van der Waals surface area contributed by atoms with Gasteiger partial charge in [0.05, 0.1) is 0 Å². The van der Waals surface area contributed by atoms with E-state index in [1.165, 1.54) is 32.1 Å². The van der Waals surface area contributed by atoms with E-state index in [1.807, 2.05) is 0 Å². The van der Waals surface area contributed by atoms with Gasteiger partial charge >= 0.3 is 5.97 Å². The second-order valence-electron chi connectivity index (χ2n) is 5.94. The summed E-state index contributed by atoms with van der Waals surface area (Å²) in [5, 5.41) is 8.51. The van der Waals surface area contributed by atoms with E-state index in [9.17, 15) is 9.59 Å². The summed E-state index contributed by atoms with van der Waals surface area (Å²) in [5.41, 5.74) is 5.09. The Morgan fingerprint density at radius 1 is 0.682 bits per heavy atom. The molecule has 0 fully saturated rings. The van der Waals surface area contributed by atoms with Gasteiger partial charge in [0.25, 0.3) is 0 Å². The third-order valence-corrected chi connectivity index (χ3v) is 3.72. The van der Waals surface area contributed by atoms with Crippen LogP contribution in [0.25, 0.3) is 0 Å². The lowest BCUT2D eigenvalue weighted by Gasteiger charge is -1.99. The summed E-state index contributed by atoms with van der Waals surface area (Å²) in [6.07, 6.45) is 18.7. The van der Waals surface area contributed by atoms with Crippen molar-refractivity contribution in [3.05, 3.63) is 12.2 Å². The molecule has 0 rings (SSSR count). The molecule has 0 heterocycles. The Hall–Kier alpha value is -1.32. The standard InChI is InChI=1S/C18H33NO3/c19-17(20)15-13-11-9-7-5-3-1-2-4-6-8-10-12-14-16-18(21)22/h1-2H,3-16H2,(H2,19,20)(H,21,22). The van der Waals surface area contributed by atoms with Crippen LogP contribution in [-0.2, 0) is 9.59 Å². The molecule has 0 radical (unpaired) electrons. The van der Waals surface area contributed by atoms with Gasteiger partial charge in [-0.05, 0) is 38.5 Å². The van der Waals surface area contributed by atoms with Crippen LogP contribution in [0.3, 0.4) is 0 Å². The van der Waals surface area contributed by atoms with Gasteiger partial charge in [-0.1, -0.05) is 50.7 Å². The Labute approximate surface area is 135 Å². The van der Waals surface area contributed by atoms with Crippen LogP contribution in [0.15, 0.2) is 12.2 Å². The highest BCUT2D eigenvalue weighted by molar-refractivity contribution is 5.73. The van der Waals surface area contributed by atoms with Crippen LogP contribution in [-0.4, -0.2) is 17.0 Å². The van der Waals surface area contributed by atoms with Gasteiger partial charge < -0.3 is 10.8 Å². The lowest BCUT2D eigenvalue weighted by Crippen LogP contribution is -2.09. The normalized spacial score (nSPS) is 11.1. The van der Waals surface area contributed by atoms with Gasteiger partial charge in [-0.15, -0.1) is 0 Å². The predicted molar refractivity (Wildman–Crippen MR) is 90.6 cm³/mol. The molecule has 22 heavy (non-hydrogen) atoms. The Balaban J connectivity index is 3.12. The van der Waals surface area contributed by atoms with Crippen molar-refractivity contribution in [3.63, 3.8) is 0 Å². The number of carboxylic acid groups (broad SMARTS) is 1. The first-order valence-corrected chi connectivity index (χ1v) is 8.78. The average Bonchev–Trinajstić information content (AvgIpc) is 2.46. The van der Waals surface area contributed by atoms with Crippen molar-refractivity contribution in [2.24, 2.45) is 5.73 Å². The zero-order valence-corrected chi connectivity index (χ0v) is 13.9. The fraction of sp³-hybridized carbons (Fsp3) is 0.778. The molecule has 0 aliphatic carbocycles. The highest BCUT2D eigenvalue weighted by Gasteiger charge is 1.96. The predicted octanol–water partition coefficient (Wildman–Crippen LogP) is 4.57. The quantitative estimate of drug-likeness (QED) is 0.323. The summed E-state index contributed by atoms with van der Waals surface area (Å²) >= 11 is 0. The number of nitrogens with two attached hydrogens (primary N) is 1. The molecule has 0 unspecified atom stereocenters. The maximum Gasteiger partial charge on any atom is 0.303 e. The van der Waals surface area contributed by atoms with Crippen molar-refractivity contribution in [2.75, 3.05) is 0 Å². The number of unbranched alkanes of at least 4 members (excludes halogenated alkanes) is 10. The van der Waals surface area contributed by atoms with Crippen molar-refractivity contribution in [1.82, 2.24) is 0 Å². The van der Waals surface area contributed by atoms with E-state index in [1.54, 1.807) is 0 Å². The SMILES string of the molecule is NC(=O)CCCCCCCC=CCCCCCCCC(=O)O. The maximum absolute atomic E-state index is 10.5. The largest absolute Gasteiger partial charge is 0.481 e. The van der Waals surface area contributed by atoms with Crippen molar-refractivity contribution >= 4 is 11.9 Å². The smallest absolute Gasteiger partial charge is 0.303 e. The second-order valence-corrected chi connectivity index (χ2v) is 5.94. The van der Waals surface area contributed by atoms with Crippen LogP contribution in [0.4, 0.5) is 0 Å². The van der Waals surface area contributed by atoms with Crippen LogP contribution in [0.5, 0.6) is 0 Å². The number of hydrogen-bond donors (Lipinski definition) is 2. The summed E-state index contributed by atoms with van der Waals surface area (Å²) < 4.78 is 0. The molecule has 0 aromatic rings. The van der Waals surface area contributed by atoms with Crippen LogP contribution in [0.2, 0.25) is 0 Å². The lowest BCUT2D eigenvalue weighted by atomic mass is 10.1. The summed E-state index contributed by atoms with van der Waals surface area (Å²) in [6.45, 7) is 0. The van der Waals surface area contributed by atoms with E-state index in [0.29, 0.717) is 12.8 Å². The number of allylic oxidation sites excluding steroid dienone is 2.